The van der Waals surface area contributed by atoms with Crippen molar-refractivity contribution < 1.29 is 28.6 Å². The Balaban J connectivity index is 1.49. The number of carbonyl (C=O) groups excluding carboxylic acids is 1. The van der Waals surface area contributed by atoms with Crippen LogP contribution in [0.3, 0.4) is 0 Å². The van der Waals surface area contributed by atoms with Gasteiger partial charge in [-0.1, -0.05) is 24.3 Å². The molecule has 2 atom stereocenters. The first-order chi connectivity index (χ1) is 18.4. The summed E-state index contributed by atoms with van der Waals surface area (Å²) in [5.74, 6) is -1.47. The Morgan fingerprint density at radius 2 is 1.95 bits per heavy atom. The summed E-state index contributed by atoms with van der Waals surface area (Å²) in [6, 6.07) is 13.0. The molecular weight excluding hydrogens is 493 g/mol. The number of fused-ring (bicyclic) bond motifs is 1. The van der Waals surface area contributed by atoms with Crippen molar-refractivity contribution in [3.05, 3.63) is 83.3 Å². The van der Waals surface area contributed by atoms with Crippen molar-refractivity contribution in [2.45, 2.75) is 12.2 Å². The molecule has 3 aromatic rings. The van der Waals surface area contributed by atoms with Gasteiger partial charge in [0, 0.05) is 25.8 Å². The summed E-state index contributed by atoms with van der Waals surface area (Å²) in [7, 11) is 0. The molecule has 3 heterocycles. The van der Waals surface area contributed by atoms with Crippen molar-refractivity contribution in [1.82, 2.24) is 9.88 Å². The van der Waals surface area contributed by atoms with Crippen LogP contribution in [0.15, 0.2) is 60.8 Å². The first kappa shape index (κ1) is 25.4. The van der Waals surface area contributed by atoms with E-state index in [-0.39, 0.29) is 17.1 Å². The van der Waals surface area contributed by atoms with Crippen LogP contribution in [0.5, 0.6) is 5.75 Å². The van der Waals surface area contributed by atoms with E-state index < -0.39 is 29.9 Å². The second kappa shape index (κ2) is 11.0. The van der Waals surface area contributed by atoms with E-state index in [1.54, 1.807) is 41.3 Å². The second-order valence-electron chi connectivity index (χ2n) is 9.05. The summed E-state index contributed by atoms with van der Waals surface area (Å²) in [4.78, 5) is 33.3. The maximum atomic E-state index is 13.7. The van der Waals surface area contributed by atoms with Crippen LogP contribution < -0.4 is 20.7 Å². The van der Waals surface area contributed by atoms with E-state index in [1.165, 1.54) is 24.4 Å². The van der Waals surface area contributed by atoms with Crippen LogP contribution in [0.4, 0.5) is 15.9 Å². The summed E-state index contributed by atoms with van der Waals surface area (Å²) >= 11 is 0. The lowest BCUT2D eigenvalue weighted by Gasteiger charge is -2.34. The number of pyridine rings is 1. The standard InChI is InChI=1S/C27H28FN5O5/c28-19-6-4-17(5-7-19)26-31-25-23(21(27(35)36)8-9-30-25)33(26)22(24(29)34)18-2-1-3-20(16-18)38-15-12-32-10-13-37-14-11-32/h1-9,16,22,26H,10-15H2,(H2,29,34)(H,30,31)(H,35,36). The Kier molecular flexibility index (Phi) is 7.38. The van der Waals surface area contributed by atoms with Crippen molar-refractivity contribution in [2.24, 2.45) is 5.73 Å². The SMILES string of the molecule is NC(=O)C(c1cccc(OCCN2CCOCC2)c1)N1c2c(C(=O)O)ccnc2NC1c1ccc(F)cc1. The fraction of sp³-hybridized carbons (Fsp3) is 0.296. The number of hydrogen-bond donors (Lipinski definition) is 3. The van der Waals surface area contributed by atoms with Crippen LogP contribution in [-0.2, 0) is 9.53 Å². The van der Waals surface area contributed by atoms with Gasteiger partial charge >= 0.3 is 5.97 Å². The van der Waals surface area contributed by atoms with Gasteiger partial charge in [-0.15, -0.1) is 0 Å². The van der Waals surface area contributed by atoms with Crippen LogP contribution in [0, 0.1) is 5.82 Å². The van der Waals surface area contributed by atoms with E-state index in [9.17, 15) is 19.1 Å². The molecule has 1 fully saturated rings. The number of rotatable bonds is 9. The number of nitrogens with one attached hydrogen (secondary N) is 1. The van der Waals surface area contributed by atoms with Gasteiger partial charge in [0.2, 0.25) is 5.91 Å². The molecular formula is C27H28FN5O5. The predicted molar refractivity (Wildman–Crippen MR) is 138 cm³/mol. The van der Waals surface area contributed by atoms with Gasteiger partial charge in [-0.25, -0.2) is 14.2 Å². The Morgan fingerprint density at radius 3 is 2.66 bits per heavy atom. The molecule has 2 unspecified atom stereocenters. The van der Waals surface area contributed by atoms with Gasteiger partial charge in [0.25, 0.3) is 0 Å². The zero-order chi connectivity index (χ0) is 26.6. The number of carboxylic acid groups (broad SMARTS) is 1. The van der Waals surface area contributed by atoms with Gasteiger partial charge in [-0.05, 0) is 41.5 Å². The highest BCUT2D eigenvalue weighted by atomic mass is 19.1. The summed E-state index contributed by atoms with van der Waals surface area (Å²) in [5, 5.41) is 13.1. The number of carboxylic acids is 1. The molecule has 2 aliphatic rings. The summed E-state index contributed by atoms with van der Waals surface area (Å²) < 4.78 is 25.1. The maximum Gasteiger partial charge on any atom is 0.338 e. The highest BCUT2D eigenvalue weighted by molar-refractivity contribution is 6.01. The van der Waals surface area contributed by atoms with E-state index in [0.29, 0.717) is 36.7 Å². The number of aromatic nitrogens is 1. The van der Waals surface area contributed by atoms with Gasteiger partial charge < -0.3 is 30.5 Å². The second-order valence-corrected chi connectivity index (χ2v) is 9.05. The fourth-order valence-electron chi connectivity index (χ4n) is 4.84. The number of nitrogens with two attached hydrogens (primary N) is 1. The number of halogens is 1. The molecule has 1 aromatic heterocycles. The first-order valence-electron chi connectivity index (χ1n) is 12.3. The smallest absolute Gasteiger partial charge is 0.338 e. The molecule has 4 N–H and O–H groups in total. The average molecular weight is 522 g/mol. The highest BCUT2D eigenvalue weighted by Crippen LogP contribution is 2.47. The maximum absolute atomic E-state index is 13.7. The minimum Gasteiger partial charge on any atom is -0.492 e. The minimum atomic E-state index is -1.18. The van der Waals surface area contributed by atoms with E-state index >= 15 is 0 Å². The number of nitrogens with zero attached hydrogens (tertiary/aromatic N) is 3. The van der Waals surface area contributed by atoms with Crippen LogP contribution in [0.1, 0.15) is 33.7 Å². The summed E-state index contributed by atoms with van der Waals surface area (Å²) in [6.45, 7) is 4.27. The van der Waals surface area contributed by atoms with Crippen molar-refractivity contribution in [2.75, 3.05) is 49.7 Å². The molecule has 0 aliphatic carbocycles. The van der Waals surface area contributed by atoms with Crippen molar-refractivity contribution in [3.8, 4) is 5.75 Å². The van der Waals surface area contributed by atoms with Crippen LogP contribution >= 0.6 is 0 Å². The van der Waals surface area contributed by atoms with E-state index in [2.05, 4.69) is 15.2 Å². The summed E-state index contributed by atoms with van der Waals surface area (Å²) in [6.07, 6.45) is 0.643. The molecule has 0 saturated carbocycles. The van der Waals surface area contributed by atoms with Crippen molar-refractivity contribution >= 4 is 23.4 Å². The number of morpholine rings is 1. The van der Waals surface area contributed by atoms with Crippen LogP contribution in [0.2, 0.25) is 0 Å². The fourth-order valence-corrected chi connectivity index (χ4v) is 4.84. The highest BCUT2D eigenvalue weighted by Gasteiger charge is 2.41. The third kappa shape index (κ3) is 5.24. The van der Waals surface area contributed by atoms with Gasteiger partial charge in [0.1, 0.15) is 30.4 Å². The van der Waals surface area contributed by atoms with E-state index in [4.69, 9.17) is 15.2 Å². The van der Waals surface area contributed by atoms with Gasteiger partial charge in [0.15, 0.2) is 5.82 Å². The van der Waals surface area contributed by atoms with Gasteiger partial charge in [-0.3, -0.25) is 9.69 Å². The molecule has 1 saturated heterocycles. The monoisotopic (exact) mass is 521 g/mol. The third-order valence-electron chi connectivity index (χ3n) is 6.65. The Bertz CT molecular complexity index is 1320. The topological polar surface area (TPSA) is 130 Å². The molecule has 198 valence electrons. The van der Waals surface area contributed by atoms with Gasteiger partial charge in [0.05, 0.1) is 24.5 Å². The predicted octanol–water partition coefficient (Wildman–Crippen LogP) is 2.79. The Morgan fingerprint density at radius 1 is 1.18 bits per heavy atom. The Hall–Kier alpha value is -4.22. The first-order valence-corrected chi connectivity index (χ1v) is 12.3. The minimum absolute atomic E-state index is 0.0451. The zero-order valence-electron chi connectivity index (χ0n) is 20.5. The van der Waals surface area contributed by atoms with Gasteiger partial charge in [-0.2, -0.15) is 0 Å². The molecule has 38 heavy (non-hydrogen) atoms. The largest absolute Gasteiger partial charge is 0.492 e. The van der Waals surface area contributed by atoms with Crippen molar-refractivity contribution in [1.29, 1.82) is 0 Å². The lowest BCUT2D eigenvalue weighted by molar-refractivity contribution is -0.119. The molecule has 0 spiro atoms. The number of aromatic carboxylic acids is 1. The third-order valence-corrected chi connectivity index (χ3v) is 6.65. The molecule has 5 rings (SSSR count). The zero-order valence-corrected chi connectivity index (χ0v) is 20.5. The average Bonchev–Trinajstić information content (AvgIpc) is 3.29. The molecule has 11 heteroatoms. The quantitative estimate of drug-likeness (QED) is 0.389. The number of primary amides is 1. The molecule has 2 aliphatic heterocycles. The number of carbonyl (C=O) groups is 2. The lowest BCUT2D eigenvalue weighted by atomic mass is 10.0. The number of ether oxygens (including phenoxy) is 2. The number of anilines is 2. The molecule has 1 amide bonds. The number of hydrogen-bond acceptors (Lipinski definition) is 8. The normalized spacial score (nSPS) is 17.9. The van der Waals surface area contributed by atoms with Crippen molar-refractivity contribution in [3.63, 3.8) is 0 Å². The number of amides is 1. The molecule has 10 nitrogen and oxygen atoms in total. The van der Waals surface area contributed by atoms with E-state index in [0.717, 1.165) is 19.6 Å². The molecule has 0 bridgehead atoms. The Labute approximate surface area is 218 Å². The van der Waals surface area contributed by atoms with Crippen LogP contribution in [0.25, 0.3) is 0 Å². The summed E-state index contributed by atoms with van der Waals surface area (Å²) in [5.41, 5.74) is 7.24. The number of benzene rings is 2. The molecule has 0 radical (unpaired) electrons. The van der Waals surface area contributed by atoms with Crippen LogP contribution in [-0.4, -0.2) is 66.3 Å². The molecule has 2 aromatic carbocycles. The lowest BCUT2D eigenvalue weighted by Crippen LogP contribution is -2.40. The van der Waals surface area contributed by atoms with E-state index in [1.807, 2.05) is 0 Å².